The van der Waals surface area contributed by atoms with Gasteiger partial charge in [0.1, 0.15) is 5.76 Å². The minimum absolute atomic E-state index is 0.0972. The number of hydrogen-bond donors (Lipinski definition) is 2. The second-order valence-electron chi connectivity index (χ2n) is 5.03. The van der Waals surface area contributed by atoms with E-state index in [0.717, 1.165) is 12.8 Å². The fourth-order valence-electron chi connectivity index (χ4n) is 2.37. The van der Waals surface area contributed by atoms with E-state index < -0.39 is 5.97 Å². The molecule has 1 heterocycles. The molecule has 7 nitrogen and oxygen atoms in total. The molecule has 1 saturated carbocycles. The molecule has 20 heavy (non-hydrogen) atoms. The smallest absolute Gasteiger partial charge is 0.306 e. The summed E-state index contributed by atoms with van der Waals surface area (Å²) >= 11 is 0. The fraction of sp³-hybridized carbons (Fsp3) is 0.615. The molecule has 1 aliphatic carbocycles. The fourth-order valence-corrected chi connectivity index (χ4v) is 2.37. The Morgan fingerprint density at radius 2 is 2.35 bits per heavy atom. The van der Waals surface area contributed by atoms with E-state index in [2.05, 4.69) is 10.5 Å². The van der Waals surface area contributed by atoms with Gasteiger partial charge >= 0.3 is 5.97 Å². The molecule has 1 aliphatic rings. The van der Waals surface area contributed by atoms with E-state index in [1.54, 1.807) is 13.0 Å². The Balaban J connectivity index is 1.75. The second kappa shape index (κ2) is 6.40. The molecule has 1 aromatic heterocycles. The Bertz CT molecular complexity index is 485. The molecule has 2 rings (SSSR count). The van der Waals surface area contributed by atoms with Crippen molar-refractivity contribution in [3.63, 3.8) is 0 Å². The summed E-state index contributed by atoms with van der Waals surface area (Å²) in [5.74, 6) is -0.560. The summed E-state index contributed by atoms with van der Waals surface area (Å²) in [6, 6.07) is 1.49. The second-order valence-corrected chi connectivity index (χ2v) is 5.03. The lowest BCUT2D eigenvalue weighted by Crippen LogP contribution is -2.41. The molecule has 1 amide bonds. The van der Waals surface area contributed by atoms with Crippen LogP contribution in [0.3, 0.4) is 0 Å². The highest BCUT2D eigenvalue weighted by atomic mass is 16.5. The molecule has 7 heteroatoms. The van der Waals surface area contributed by atoms with E-state index in [1.165, 1.54) is 0 Å². The summed E-state index contributed by atoms with van der Waals surface area (Å²) in [7, 11) is 0. The molecule has 0 aliphatic heterocycles. The van der Waals surface area contributed by atoms with Gasteiger partial charge < -0.3 is 19.7 Å². The van der Waals surface area contributed by atoms with Crippen LogP contribution in [0.4, 0.5) is 0 Å². The number of rotatable bonds is 5. The SMILES string of the molecule is Cc1cc(OCC(=O)NC2CCCC(C(=O)O)C2)no1. The number of ether oxygens (including phenoxy) is 1. The molecule has 2 N–H and O–H groups in total. The van der Waals surface area contributed by atoms with Gasteiger partial charge in [-0.25, -0.2) is 0 Å². The van der Waals surface area contributed by atoms with Crippen molar-refractivity contribution in [1.82, 2.24) is 10.5 Å². The maximum atomic E-state index is 11.7. The first-order chi connectivity index (χ1) is 9.54. The summed E-state index contributed by atoms with van der Waals surface area (Å²) in [5, 5.41) is 15.4. The molecular weight excluding hydrogens is 264 g/mol. The first-order valence-corrected chi connectivity index (χ1v) is 6.63. The van der Waals surface area contributed by atoms with Gasteiger partial charge in [-0.15, -0.1) is 0 Å². The van der Waals surface area contributed by atoms with Gasteiger partial charge in [0.2, 0.25) is 0 Å². The van der Waals surface area contributed by atoms with E-state index in [9.17, 15) is 9.59 Å². The summed E-state index contributed by atoms with van der Waals surface area (Å²) in [5.41, 5.74) is 0. The lowest BCUT2D eigenvalue weighted by Gasteiger charge is -2.27. The number of carbonyl (C=O) groups excluding carboxylic acids is 1. The van der Waals surface area contributed by atoms with E-state index >= 15 is 0 Å². The van der Waals surface area contributed by atoms with Crippen LogP contribution in [-0.4, -0.2) is 34.8 Å². The van der Waals surface area contributed by atoms with Crippen LogP contribution in [0.25, 0.3) is 0 Å². The molecule has 2 atom stereocenters. The number of nitrogens with one attached hydrogen (secondary N) is 1. The number of nitrogens with zero attached hydrogens (tertiary/aromatic N) is 1. The molecule has 110 valence electrons. The monoisotopic (exact) mass is 282 g/mol. The van der Waals surface area contributed by atoms with E-state index in [4.69, 9.17) is 14.4 Å². The predicted octanol–water partition coefficient (Wildman–Crippen LogP) is 1.12. The number of carboxylic acid groups (broad SMARTS) is 1. The lowest BCUT2D eigenvalue weighted by atomic mass is 9.86. The van der Waals surface area contributed by atoms with Crippen LogP contribution in [-0.2, 0) is 9.59 Å². The normalized spacial score (nSPS) is 22.2. The lowest BCUT2D eigenvalue weighted by molar-refractivity contribution is -0.143. The summed E-state index contributed by atoms with van der Waals surface area (Å²) in [6.45, 7) is 1.58. The van der Waals surface area contributed by atoms with Crippen molar-refractivity contribution in [3.8, 4) is 5.88 Å². The zero-order valence-corrected chi connectivity index (χ0v) is 11.3. The zero-order chi connectivity index (χ0) is 14.5. The Hall–Kier alpha value is -2.05. The number of carboxylic acids is 1. The first kappa shape index (κ1) is 14.4. The van der Waals surface area contributed by atoms with Gasteiger partial charge in [-0.2, -0.15) is 0 Å². The topological polar surface area (TPSA) is 102 Å². The number of aryl methyl sites for hydroxylation is 1. The molecule has 1 fully saturated rings. The average molecular weight is 282 g/mol. The van der Waals surface area contributed by atoms with Crippen molar-refractivity contribution in [2.45, 2.75) is 38.6 Å². The Morgan fingerprint density at radius 1 is 1.55 bits per heavy atom. The molecule has 0 spiro atoms. The molecule has 0 bridgehead atoms. The quantitative estimate of drug-likeness (QED) is 0.839. The summed E-state index contributed by atoms with van der Waals surface area (Å²) in [6.07, 6.45) is 2.77. The van der Waals surface area contributed by atoms with Crippen LogP contribution in [0.1, 0.15) is 31.4 Å². The maximum absolute atomic E-state index is 11.7. The third kappa shape index (κ3) is 3.97. The standard InChI is InChI=1S/C13H18N2O5/c1-8-5-12(15-20-8)19-7-11(16)14-10-4-2-3-9(6-10)13(17)18/h5,9-10H,2-4,6-7H2,1H3,(H,14,16)(H,17,18). The molecular formula is C13H18N2O5. The molecule has 2 unspecified atom stereocenters. The first-order valence-electron chi connectivity index (χ1n) is 6.63. The number of aliphatic carboxylic acids is 1. The number of carbonyl (C=O) groups is 2. The maximum Gasteiger partial charge on any atom is 0.306 e. The van der Waals surface area contributed by atoms with Gasteiger partial charge in [-0.1, -0.05) is 6.42 Å². The molecule has 0 saturated heterocycles. The highest BCUT2D eigenvalue weighted by molar-refractivity contribution is 5.78. The van der Waals surface area contributed by atoms with Crippen molar-refractivity contribution in [1.29, 1.82) is 0 Å². The minimum atomic E-state index is -0.793. The van der Waals surface area contributed by atoms with Crippen molar-refractivity contribution in [2.24, 2.45) is 5.92 Å². The average Bonchev–Trinajstić information content (AvgIpc) is 2.82. The molecule has 0 radical (unpaired) electrons. The van der Waals surface area contributed by atoms with Gasteiger partial charge in [0.15, 0.2) is 6.61 Å². The zero-order valence-electron chi connectivity index (χ0n) is 11.3. The highest BCUT2D eigenvalue weighted by Crippen LogP contribution is 2.24. The number of hydrogen-bond acceptors (Lipinski definition) is 5. The van der Waals surface area contributed by atoms with Crippen molar-refractivity contribution < 1.29 is 24.0 Å². The summed E-state index contributed by atoms with van der Waals surface area (Å²) < 4.78 is 9.99. The van der Waals surface area contributed by atoms with E-state index in [0.29, 0.717) is 18.6 Å². The van der Waals surface area contributed by atoms with Gasteiger partial charge in [0.05, 0.1) is 5.92 Å². The minimum Gasteiger partial charge on any atom is -0.481 e. The van der Waals surface area contributed by atoms with Crippen LogP contribution in [0.5, 0.6) is 5.88 Å². The highest BCUT2D eigenvalue weighted by Gasteiger charge is 2.27. The van der Waals surface area contributed by atoms with Gasteiger partial charge in [0, 0.05) is 12.1 Å². The Labute approximate surface area is 116 Å². The third-order valence-corrected chi connectivity index (χ3v) is 3.35. The van der Waals surface area contributed by atoms with Crippen LogP contribution in [0.2, 0.25) is 0 Å². The summed E-state index contributed by atoms with van der Waals surface area (Å²) in [4.78, 5) is 22.7. The van der Waals surface area contributed by atoms with Crippen molar-refractivity contribution in [3.05, 3.63) is 11.8 Å². The molecule has 0 aromatic carbocycles. The number of aromatic nitrogens is 1. The van der Waals surface area contributed by atoms with Crippen LogP contribution in [0.15, 0.2) is 10.6 Å². The Morgan fingerprint density at radius 3 is 3.00 bits per heavy atom. The van der Waals surface area contributed by atoms with Gasteiger partial charge in [-0.05, 0) is 31.3 Å². The van der Waals surface area contributed by atoms with Crippen LogP contribution in [0, 0.1) is 12.8 Å². The third-order valence-electron chi connectivity index (χ3n) is 3.35. The largest absolute Gasteiger partial charge is 0.481 e. The van der Waals surface area contributed by atoms with Crippen LogP contribution >= 0.6 is 0 Å². The van der Waals surface area contributed by atoms with E-state index in [1.807, 2.05) is 0 Å². The van der Waals surface area contributed by atoms with Gasteiger partial charge in [-0.3, -0.25) is 9.59 Å². The Kier molecular flexibility index (Phi) is 4.60. The molecule has 1 aromatic rings. The van der Waals surface area contributed by atoms with Gasteiger partial charge in [0.25, 0.3) is 11.8 Å². The number of amides is 1. The van der Waals surface area contributed by atoms with E-state index in [-0.39, 0.29) is 30.4 Å². The van der Waals surface area contributed by atoms with Crippen molar-refractivity contribution >= 4 is 11.9 Å². The predicted molar refractivity (Wildman–Crippen MR) is 68.3 cm³/mol. The van der Waals surface area contributed by atoms with Crippen molar-refractivity contribution in [2.75, 3.05) is 6.61 Å². The van der Waals surface area contributed by atoms with Crippen LogP contribution < -0.4 is 10.1 Å².